The van der Waals surface area contributed by atoms with Gasteiger partial charge in [-0.3, -0.25) is 9.79 Å². The Kier molecular flexibility index (Phi) is 9.85. The lowest BCUT2D eigenvalue weighted by Crippen LogP contribution is -2.50. The molecule has 176 valence electrons. The van der Waals surface area contributed by atoms with Crippen molar-refractivity contribution in [3.63, 3.8) is 0 Å². The summed E-state index contributed by atoms with van der Waals surface area (Å²) in [5, 5.41) is 2.70. The van der Waals surface area contributed by atoms with Crippen molar-refractivity contribution in [1.29, 1.82) is 0 Å². The number of hydrogen-bond donors (Lipinski definition) is 1. The summed E-state index contributed by atoms with van der Waals surface area (Å²) in [6, 6.07) is 4.80. The van der Waals surface area contributed by atoms with Crippen molar-refractivity contribution in [2.75, 3.05) is 46.9 Å². The zero-order valence-electron chi connectivity index (χ0n) is 16.8. The topological polar surface area (TPSA) is 57.2 Å². The first-order chi connectivity index (χ1) is 13.9. The molecule has 1 fully saturated rings. The van der Waals surface area contributed by atoms with E-state index in [1.165, 1.54) is 19.2 Å². The van der Waals surface area contributed by atoms with Crippen molar-refractivity contribution in [3.8, 4) is 0 Å². The zero-order valence-corrected chi connectivity index (χ0v) is 19.1. The maximum atomic E-state index is 13.0. The van der Waals surface area contributed by atoms with Gasteiger partial charge in [-0.2, -0.15) is 26.3 Å². The zero-order chi connectivity index (χ0) is 22.5. The highest BCUT2D eigenvalue weighted by Gasteiger charge is 2.33. The van der Waals surface area contributed by atoms with Crippen LogP contribution in [0, 0.1) is 0 Å². The molecule has 0 radical (unpaired) electrons. The maximum Gasteiger partial charge on any atom is 0.416 e. The smallest absolute Gasteiger partial charge is 0.370 e. The number of rotatable bonds is 4. The number of nitrogens with zero attached hydrogens (tertiary/aromatic N) is 3. The Morgan fingerprint density at radius 2 is 1.97 bits per heavy atom. The fourth-order valence-electron chi connectivity index (χ4n) is 2.94. The van der Waals surface area contributed by atoms with E-state index >= 15 is 0 Å². The van der Waals surface area contributed by atoms with Crippen LogP contribution in [0.3, 0.4) is 0 Å². The van der Waals surface area contributed by atoms with Crippen molar-refractivity contribution in [3.05, 3.63) is 35.4 Å². The van der Waals surface area contributed by atoms with Gasteiger partial charge < -0.3 is 19.9 Å². The van der Waals surface area contributed by atoms with Crippen molar-refractivity contribution in [2.24, 2.45) is 4.99 Å². The van der Waals surface area contributed by atoms with E-state index in [1.807, 2.05) is 0 Å². The molecule has 1 N–H and O–H groups in total. The molecular formula is C18H23F6IN4O2. The molecule has 13 heteroatoms. The summed E-state index contributed by atoms with van der Waals surface area (Å²) >= 11 is 0. The van der Waals surface area contributed by atoms with Gasteiger partial charge in [-0.1, -0.05) is 12.1 Å². The number of amides is 1. The molecule has 1 aromatic rings. The van der Waals surface area contributed by atoms with E-state index in [0.29, 0.717) is 17.0 Å². The average Bonchev–Trinajstić information content (AvgIpc) is 2.66. The van der Waals surface area contributed by atoms with Crippen LogP contribution >= 0.6 is 24.0 Å². The molecule has 1 atom stereocenters. The summed E-state index contributed by atoms with van der Waals surface area (Å²) in [6.07, 6.45) is -9.65. The van der Waals surface area contributed by atoms with E-state index in [4.69, 9.17) is 4.74 Å². The molecular weight excluding hydrogens is 545 g/mol. The van der Waals surface area contributed by atoms with Crippen LogP contribution in [0.15, 0.2) is 29.3 Å². The number of carbonyl (C=O) groups excluding carboxylic acids is 1. The predicted octanol–water partition coefficient (Wildman–Crippen LogP) is 3.29. The Hall–Kier alpha value is -1.77. The van der Waals surface area contributed by atoms with Gasteiger partial charge in [-0.05, 0) is 17.7 Å². The molecule has 1 aliphatic rings. The molecule has 0 bridgehead atoms. The summed E-state index contributed by atoms with van der Waals surface area (Å²) in [5.41, 5.74) is -0.451. The third kappa shape index (κ3) is 8.35. The minimum atomic E-state index is -4.51. The molecule has 1 saturated heterocycles. The first-order valence-electron chi connectivity index (χ1n) is 8.96. The van der Waals surface area contributed by atoms with Crippen LogP contribution in [0.4, 0.5) is 26.3 Å². The van der Waals surface area contributed by atoms with Crippen molar-refractivity contribution in [2.45, 2.75) is 18.5 Å². The van der Waals surface area contributed by atoms with Gasteiger partial charge >= 0.3 is 12.4 Å². The number of benzene rings is 1. The average molecular weight is 568 g/mol. The van der Waals surface area contributed by atoms with Crippen LogP contribution < -0.4 is 5.32 Å². The largest absolute Gasteiger partial charge is 0.416 e. The second-order valence-electron chi connectivity index (χ2n) is 6.69. The summed E-state index contributed by atoms with van der Waals surface area (Å²) in [7, 11) is 2.47. The lowest BCUT2D eigenvalue weighted by atomic mass is 10.0. The molecule has 0 aromatic heterocycles. The van der Waals surface area contributed by atoms with Crippen LogP contribution in [0.25, 0.3) is 0 Å². The van der Waals surface area contributed by atoms with E-state index in [2.05, 4.69) is 10.3 Å². The fourth-order valence-corrected chi connectivity index (χ4v) is 2.94. The number of carbonyl (C=O) groups is 1. The summed E-state index contributed by atoms with van der Waals surface area (Å²) in [6.45, 7) is -1.08. The minimum Gasteiger partial charge on any atom is -0.370 e. The van der Waals surface area contributed by atoms with E-state index < -0.39 is 43.0 Å². The second-order valence-corrected chi connectivity index (χ2v) is 6.69. The SMILES string of the molecule is CN=C(NCC(=O)N(C)CC(F)(F)F)N1CCOC(c2cccc(C(F)(F)F)c2)C1.I. The second kappa shape index (κ2) is 11.2. The summed E-state index contributed by atoms with van der Waals surface area (Å²) in [5.74, 6) is -0.541. The number of ether oxygens (including phenoxy) is 1. The van der Waals surface area contributed by atoms with Crippen molar-refractivity contribution < 1.29 is 35.9 Å². The molecule has 1 amide bonds. The Bertz CT molecular complexity index is 772. The number of nitrogens with one attached hydrogen (secondary N) is 1. The maximum absolute atomic E-state index is 13.0. The lowest BCUT2D eigenvalue weighted by molar-refractivity contribution is -0.157. The third-order valence-electron chi connectivity index (χ3n) is 4.40. The highest BCUT2D eigenvalue weighted by atomic mass is 127. The molecule has 2 rings (SSSR count). The van der Waals surface area contributed by atoms with Gasteiger partial charge in [0.2, 0.25) is 5.91 Å². The molecule has 0 spiro atoms. The van der Waals surface area contributed by atoms with Gasteiger partial charge in [0.15, 0.2) is 5.96 Å². The van der Waals surface area contributed by atoms with Gasteiger partial charge in [0, 0.05) is 20.6 Å². The molecule has 6 nitrogen and oxygen atoms in total. The van der Waals surface area contributed by atoms with Crippen LogP contribution in [-0.4, -0.2) is 74.7 Å². The Labute approximate surface area is 192 Å². The predicted molar refractivity (Wildman–Crippen MR) is 112 cm³/mol. The minimum absolute atomic E-state index is 0. The molecule has 31 heavy (non-hydrogen) atoms. The van der Waals surface area contributed by atoms with Crippen LogP contribution in [0.5, 0.6) is 0 Å². The fraction of sp³-hybridized carbons (Fsp3) is 0.556. The number of likely N-dealkylation sites (N-methyl/N-ethyl adjacent to an activating group) is 1. The molecule has 1 unspecified atom stereocenters. The molecule has 1 heterocycles. The third-order valence-corrected chi connectivity index (χ3v) is 4.40. The first-order valence-corrected chi connectivity index (χ1v) is 8.96. The number of alkyl halides is 6. The highest BCUT2D eigenvalue weighted by molar-refractivity contribution is 14.0. The summed E-state index contributed by atoms with van der Waals surface area (Å²) < 4.78 is 81.6. The number of guanidine groups is 1. The molecule has 1 aromatic carbocycles. The Balaban J connectivity index is 0.00000480. The number of aliphatic imine (C=N–C) groups is 1. The van der Waals surface area contributed by atoms with Gasteiger partial charge in [0.25, 0.3) is 0 Å². The van der Waals surface area contributed by atoms with E-state index in [0.717, 1.165) is 19.2 Å². The normalized spacial score (nSPS) is 17.7. The summed E-state index contributed by atoms with van der Waals surface area (Å²) in [4.78, 5) is 18.1. The van der Waals surface area contributed by atoms with Crippen LogP contribution in [-0.2, 0) is 15.7 Å². The standard InChI is InChI=1S/C18H22F6N4O2.HI/c1-25-16(26-9-15(29)27(2)11-17(19,20)21)28-6-7-30-14(10-28)12-4-3-5-13(8-12)18(22,23)24;/h3-5,8,14H,6-7,9-11H2,1-2H3,(H,25,26);1H. The number of morpholine rings is 1. The van der Waals surface area contributed by atoms with Crippen molar-refractivity contribution >= 4 is 35.8 Å². The van der Waals surface area contributed by atoms with Gasteiger partial charge in [0.05, 0.1) is 25.3 Å². The number of halogens is 7. The molecule has 0 saturated carbocycles. The van der Waals surface area contributed by atoms with Crippen LogP contribution in [0.2, 0.25) is 0 Å². The van der Waals surface area contributed by atoms with Crippen molar-refractivity contribution in [1.82, 2.24) is 15.1 Å². The van der Waals surface area contributed by atoms with E-state index in [9.17, 15) is 31.1 Å². The molecule has 0 aliphatic carbocycles. The lowest BCUT2D eigenvalue weighted by Gasteiger charge is -2.35. The van der Waals surface area contributed by atoms with Gasteiger partial charge in [-0.15, -0.1) is 24.0 Å². The van der Waals surface area contributed by atoms with Gasteiger partial charge in [0.1, 0.15) is 12.6 Å². The highest BCUT2D eigenvalue weighted by Crippen LogP contribution is 2.32. The van der Waals surface area contributed by atoms with Gasteiger partial charge in [-0.25, -0.2) is 0 Å². The monoisotopic (exact) mass is 568 g/mol. The quantitative estimate of drug-likeness (QED) is 0.262. The van der Waals surface area contributed by atoms with Crippen LogP contribution in [0.1, 0.15) is 17.2 Å². The number of hydrogen-bond acceptors (Lipinski definition) is 3. The van der Waals surface area contributed by atoms with E-state index in [1.54, 1.807) is 4.90 Å². The molecule has 1 aliphatic heterocycles. The van der Waals surface area contributed by atoms with E-state index in [-0.39, 0.29) is 43.1 Å². The Morgan fingerprint density at radius 3 is 2.55 bits per heavy atom. The first kappa shape index (κ1) is 27.3. The Morgan fingerprint density at radius 1 is 1.29 bits per heavy atom.